The molecule has 0 aliphatic heterocycles. The summed E-state index contributed by atoms with van der Waals surface area (Å²) >= 11 is 0. The van der Waals surface area contributed by atoms with Crippen molar-refractivity contribution < 1.29 is 0 Å². The molecule has 0 unspecified atom stereocenters. The maximum absolute atomic E-state index is 4.87. The van der Waals surface area contributed by atoms with E-state index in [0.29, 0.717) is 0 Å². The summed E-state index contributed by atoms with van der Waals surface area (Å²) in [6, 6.07) is 59.9. The Hall–Kier alpha value is -6.97. The normalized spacial score (nSPS) is 12.6. The van der Waals surface area contributed by atoms with E-state index in [9.17, 15) is 0 Å². The molecule has 3 nitrogen and oxygen atoms in total. The van der Waals surface area contributed by atoms with Crippen LogP contribution < -0.4 is 0 Å². The van der Waals surface area contributed by atoms with Gasteiger partial charge in [0.05, 0.1) is 22.1 Å². The first-order valence-electron chi connectivity index (χ1n) is 18.8. The largest absolute Gasteiger partial charge is 0.309 e. The number of benzene rings is 7. The minimum atomic E-state index is 1.07. The summed E-state index contributed by atoms with van der Waals surface area (Å²) in [4.78, 5) is 4.87. The van der Waals surface area contributed by atoms with Gasteiger partial charge in [-0.3, -0.25) is 4.98 Å². The lowest BCUT2D eigenvalue weighted by molar-refractivity contribution is 0.988. The van der Waals surface area contributed by atoms with Crippen LogP contribution in [0.1, 0.15) is 17.5 Å². The van der Waals surface area contributed by atoms with Gasteiger partial charge in [-0.15, -0.1) is 0 Å². The van der Waals surface area contributed by atoms with E-state index in [1.807, 2.05) is 12.4 Å². The molecule has 11 rings (SSSR count). The fourth-order valence-electron chi connectivity index (χ4n) is 8.79. The molecule has 10 aromatic rings. The maximum atomic E-state index is 4.87. The summed E-state index contributed by atoms with van der Waals surface area (Å²) in [6.07, 6.45) is 10.7. The summed E-state index contributed by atoms with van der Waals surface area (Å²) < 4.78 is 4.84. The van der Waals surface area contributed by atoms with Gasteiger partial charge >= 0.3 is 0 Å². The highest BCUT2D eigenvalue weighted by Crippen LogP contribution is 2.39. The standard InChI is InChI=1S/C51H35N3/c1-2-17-42-34(13-1)14-12-22-43(42)36-16-11-15-35(27-36)38-28-39(33-52-32-38)37-29-40(53-48-23-7-3-18-44(48)45-19-4-8-24-49(45)53)31-41(30-37)54-50-25-9-5-20-46(50)47-21-6-10-26-51(47)54/h1,3-16,18-33H,2,17H2. The molecular weight excluding hydrogens is 655 g/mol. The predicted octanol–water partition coefficient (Wildman–Crippen LogP) is 13.2. The van der Waals surface area contributed by atoms with Gasteiger partial charge < -0.3 is 9.13 Å². The first-order chi connectivity index (χ1) is 26.8. The number of fused-ring (bicyclic) bond motifs is 7. The Kier molecular flexibility index (Phi) is 6.99. The second-order valence-corrected chi connectivity index (χ2v) is 14.3. The SMILES string of the molecule is C1=Cc2cccc(-c3cccc(-c4cncc(-c5cc(-n6c7ccccc7c7ccccc76)cc(-n6c7ccccc7c7ccccc76)c5)c4)c3)c2CC1. The lowest BCUT2D eigenvalue weighted by atomic mass is 9.88. The molecule has 0 saturated heterocycles. The molecule has 1 aliphatic carbocycles. The zero-order chi connectivity index (χ0) is 35.6. The number of hydrogen-bond acceptors (Lipinski definition) is 1. The van der Waals surface area contributed by atoms with Crippen molar-refractivity contribution >= 4 is 49.7 Å². The number of pyridine rings is 1. The van der Waals surface area contributed by atoms with Crippen molar-refractivity contribution in [3.05, 3.63) is 193 Å². The van der Waals surface area contributed by atoms with Crippen LogP contribution in [-0.4, -0.2) is 14.1 Å². The molecule has 0 amide bonds. The summed E-state index contributed by atoms with van der Waals surface area (Å²) in [7, 11) is 0. The number of aromatic nitrogens is 3. The smallest absolute Gasteiger partial charge is 0.0541 e. The zero-order valence-electron chi connectivity index (χ0n) is 29.7. The van der Waals surface area contributed by atoms with Crippen LogP contribution in [0.3, 0.4) is 0 Å². The quantitative estimate of drug-likeness (QED) is 0.176. The Morgan fingerprint density at radius 1 is 0.407 bits per heavy atom. The Labute approximate surface area is 313 Å². The molecule has 0 bridgehead atoms. The number of rotatable bonds is 5. The molecule has 3 heterocycles. The van der Waals surface area contributed by atoms with E-state index in [-0.39, 0.29) is 0 Å². The van der Waals surface area contributed by atoms with E-state index < -0.39 is 0 Å². The van der Waals surface area contributed by atoms with Crippen molar-refractivity contribution in [3.8, 4) is 44.8 Å². The molecular formula is C51H35N3. The highest BCUT2D eigenvalue weighted by atomic mass is 15.0. The van der Waals surface area contributed by atoms with Crippen LogP contribution in [0.5, 0.6) is 0 Å². The first-order valence-corrected chi connectivity index (χ1v) is 18.8. The van der Waals surface area contributed by atoms with Crippen molar-refractivity contribution in [3.63, 3.8) is 0 Å². The zero-order valence-corrected chi connectivity index (χ0v) is 29.7. The van der Waals surface area contributed by atoms with Crippen molar-refractivity contribution in [1.29, 1.82) is 0 Å². The Morgan fingerprint density at radius 3 is 1.50 bits per heavy atom. The molecule has 0 N–H and O–H groups in total. The van der Waals surface area contributed by atoms with E-state index in [4.69, 9.17) is 4.98 Å². The minimum absolute atomic E-state index is 1.07. The lowest BCUT2D eigenvalue weighted by Gasteiger charge is -2.17. The van der Waals surface area contributed by atoms with Gasteiger partial charge in [-0.05, 0) is 101 Å². The Morgan fingerprint density at radius 2 is 0.907 bits per heavy atom. The molecule has 254 valence electrons. The van der Waals surface area contributed by atoms with E-state index in [2.05, 4.69) is 185 Å². The van der Waals surface area contributed by atoms with Gasteiger partial charge in [-0.25, -0.2) is 0 Å². The highest BCUT2D eigenvalue weighted by molar-refractivity contribution is 6.10. The monoisotopic (exact) mass is 689 g/mol. The van der Waals surface area contributed by atoms with E-state index in [0.717, 1.165) is 46.5 Å². The van der Waals surface area contributed by atoms with Gasteiger partial charge in [0.15, 0.2) is 0 Å². The summed E-state index contributed by atoms with van der Waals surface area (Å²) in [5.74, 6) is 0. The fourth-order valence-corrected chi connectivity index (χ4v) is 8.79. The van der Waals surface area contributed by atoms with Crippen LogP contribution in [0.15, 0.2) is 182 Å². The molecule has 0 saturated carbocycles. The number of allylic oxidation sites excluding steroid dienone is 1. The average molecular weight is 690 g/mol. The molecule has 0 spiro atoms. The molecule has 0 radical (unpaired) electrons. The third kappa shape index (κ3) is 4.86. The van der Waals surface area contributed by atoms with Gasteiger partial charge in [-0.1, -0.05) is 121 Å². The van der Waals surface area contributed by atoms with Crippen LogP contribution in [0.4, 0.5) is 0 Å². The van der Waals surface area contributed by atoms with Gasteiger partial charge in [0, 0.05) is 56.4 Å². The van der Waals surface area contributed by atoms with Gasteiger partial charge in [-0.2, -0.15) is 0 Å². The van der Waals surface area contributed by atoms with E-state index in [1.54, 1.807) is 0 Å². The van der Waals surface area contributed by atoms with Crippen LogP contribution >= 0.6 is 0 Å². The molecule has 0 fully saturated rings. The van der Waals surface area contributed by atoms with E-state index in [1.165, 1.54) is 65.9 Å². The Bertz CT molecular complexity index is 2880. The second kappa shape index (κ2) is 12.3. The molecule has 3 heteroatoms. The Balaban J connectivity index is 1.13. The minimum Gasteiger partial charge on any atom is -0.309 e. The van der Waals surface area contributed by atoms with Crippen LogP contribution in [-0.2, 0) is 6.42 Å². The van der Waals surface area contributed by atoms with Crippen molar-refractivity contribution in [2.45, 2.75) is 12.8 Å². The molecule has 3 aromatic heterocycles. The number of para-hydroxylation sites is 4. The third-order valence-electron chi connectivity index (χ3n) is 11.2. The summed E-state index contributed by atoms with van der Waals surface area (Å²) in [6.45, 7) is 0. The second-order valence-electron chi connectivity index (χ2n) is 14.3. The van der Waals surface area contributed by atoms with Crippen molar-refractivity contribution in [2.24, 2.45) is 0 Å². The lowest BCUT2D eigenvalue weighted by Crippen LogP contribution is -2.00. The van der Waals surface area contributed by atoms with Crippen LogP contribution in [0.2, 0.25) is 0 Å². The van der Waals surface area contributed by atoms with E-state index >= 15 is 0 Å². The predicted molar refractivity (Wildman–Crippen MR) is 227 cm³/mol. The number of hydrogen-bond donors (Lipinski definition) is 0. The molecule has 1 aliphatic rings. The molecule has 54 heavy (non-hydrogen) atoms. The van der Waals surface area contributed by atoms with Crippen LogP contribution in [0.25, 0.3) is 94.4 Å². The third-order valence-corrected chi connectivity index (χ3v) is 11.2. The maximum Gasteiger partial charge on any atom is 0.0541 e. The fraction of sp³-hybridized carbons (Fsp3) is 0.0392. The van der Waals surface area contributed by atoms with Crippen molar-refractivity contribution in [1.82, 2.24) is 14.1 Å². The number of nitrogens with zero attached hydrogens (tertiary/aromatic N) is 3. The molecule has 0 atom stereocenters. The van der Waals surface area contributed by atoms with Crippen LogP contribution in [0, 0.1) is 0 Å². The van der Waals surface area contributed by atoms with Gasteiger partial charge in [0.25, 0.3) is 0 Å². The summed E-state index contributed by atoms with van der Waals surface area (Å²) in [5.41, 5.74) is 16.7. The molecule has 7 aromatic carbocycles. The topological polar surface area (TPSA) is 22.8 Å². The van der Waals surface area contributed by atoms with Crippen molar-refractivity contribution in [2.75, 3.05) is 0 Å². The summed E-state index contributed by atoms with van der Waals surface area (Å²) in [5, 5.41) is 4.99. The first kappa shape index (κ1) is 30.6. The highest BCUT2D eigenvalue weighted by Gasteiger charge is 2.18. The van der Waals surface area contributed by atoms with Gasteiger partial charge in [0.1, 0.15) is 0 Å². The van der Waals surface area contributed by atoms with Gasteiger partial charge in [0.2, 0.25) is 0 Å². The average Bonchev–Trinajstić information content (AvgIpc) is 3.77.